The van der Waals surface area contributed by atoms with Gasteiger partial charge in [0.05, 0.1) is 6.26 Å². The zero-order valence-electron chi connectivity index (χ0n) is 11.5. The Kier molecular flexibility index (Phi) is 3.90. The van der Waals surface area contributed by atoms with Crippen molar-refractivity contribution in [2.24, 2.45) is 10.7 Å². The van der Waals surface area contributed by atoms with Gasteiger partial charge in [-0.1, -0.05) is 6.07 Å². The average molecular weight is 257 g/mol. The van der Waals surface area contributed by atoms with Gasteiger partial charge in [0.25, 0.3) is 0 Å². The fourth-order valence-corrected chi connectivity index (χ4v) is 1.73. The van der Waals surface area contributed by atoms with Crippen molar-refractivity contribution in [3.05, 3.63) is 53.0 Å². The number of hydrogen-bond acceptors (Lipinski definition) is 2. The van der Waals surface area contributed by atoms with E-state index in [9.17, 15) is 0 Å². The maximum Gasteiger partial charge on any atom is 0.193 e. The molecule has 0 saturated heterocycles. The number of aliphatic imine (C=N–C) groups is 1. The minimum absolute atomic E-state index is 0.388. The van der Waals surface area contributed by atoms with E-state index in [1.807, 2.05) is 19.1 Å². The third-order valence-electron chi connectivity index (χ3n) is 3.14. The molecule has 100 valence electrons. The average Bonchev–Trinajstić information content (AvgIpc) is 2.77. The molecule has 1 aromatic heterocycles. The van der Waals surface area contributed by atoms with Crippen molar-refractivity contribution in [1.29, 1.82) is 0 Å². The van der Waals surface area contributed by atoms with Gasteiger partial charge < -0.3 is 15.5 Å². The Morgan fingerprint density at radius 3 is 2.58 bits per heavy atom. The molecular formula is C15H19N3O. The molecule has 1 aromatic carbocycles. The molecule has 19 heavy (non-hydrogen) atoms. The Morgan fingerprint density at radius 2 is 1.95 bits per heavy atom. The summed E-state index contributed by atoms with van der Waals surface area (Å²) in [6.07, 6.45) is 1.66. The van der Waals surface area contributed by atoms with E-state index in [0.717, 1.165) is 17.0 Å². The van der Waals surface area contributed by atoms with Gasteiger partial charge in [0.15, 0.2) is 5.96 Å². The van der Waals surface area contributed by atoms with Crippen LogP contribution in [0, 0.1) is 20.8 Å². The van der Waals surface area contributed by atoms with Crippen LogP contribution in [0.4, 0.5) is 5.69 Å². The van der Waals surface area contributed by atoms with Crippen molar-refractivity contribution in [3.63, 3.8) is 0 Å². The highest BCUT2D eigenvalue weighted by Crippen LogP contribution is 2.14. The smallest absolute Gasteiger partial charge is 0.193 e. The van der Waals surface area contributed by atoms with Crippen molar-refractivity contribution in [2.45, 2.75) is 27.3 Å². The maximum atomic E-state index is 5.86. The minimum atomic E-state index is 0.388. The van der Waals surface area contributed by atoms with E-state index in [-0.39, 0.29) is 0 Å². The van der Waals surface area contributed by atoms with Crippen LogP contribution < -0.4 is 11.1 Å². The van der Waals surface area contributed by atoms with Gasteiger partial charge in [-0.2, -0.15) is 0 Å². The third kappa shape index (κ3) is 3.37. The first-order valence-corrected chi connectivity index (χ1v) is 6.23. The van der Waals surface area contributed by atoms with Gasteiger partial charge in [-0.25, -0.2) is 4.99 Å². The molecule has 0 atom stereocenters. The number of benzene rings is 1. The van der Waals surface area contributed by atoms with Gasteiger partial charge in [0.2, 0.25) is 0 Å². The molecule has 0 saturated carbocycles. The first kappa shape index (κ1) is 13.2. The number of guanidine groups is 1. The topological polar surface area (TPSA) is 63.5 Å². The number of nitrogens with zero attached hydrogens (tertiary/aromatic N) is 1. The van der Waals surface area contributed by atoms with E-state index >= 15 is 0 Å². The Balaban J connectivity index is 2.02. The molecule has 0 radical (unpaired) electrons. The normalized spacial score (nSPS) is 11.6. The first-order chi connectivity index (χ1) is 9.06. The molecule has 4 heteroatoms. The van der Waals surface area contributed by atoms with Crippen molar-refractivity contribution in [3.8, 4) is 0 Å². The van der Waals surface area contributed by atoms with Crippen LogP contribution in [0.3, 0.4) is 0 Å². The maximum absolute atomic E-state index is 5.86. The van der Waals surface area contributed by atoms with Crippen LogP contribution in [-0.2, 0) is 6.54 Å². The van der Waals surface area contributed by atoms with Crippen LogP contribution >= 0.6 is 0 Å². The number of hydrogen-bond donors (Lipinski definition) is 2. The lowest BCUT2D eigenvalue weighted by Gasteiger charge is -2.07. The monoisotopic (exact) mass is 257 g/mol. The Labute approximate surface area is 113 Å². The molecule has 0 bridgehead atoms. The zero-order valence-corrected chi connectivity index (χ0v) is 11.5. The molecule has 0 aliphatic carbocycles. The van der Waals surface area contributed by atoms with Crippen molar-refractivity contribution >= 4 is 11.6 Å². The second kappa shape index (κ2) is 5.61. The van der Waals surface area contributed by atoms with E-state index < -0.39 is 0 Å². The molecule has 4 nitrogen and oxygen atoms in total. The van der Waals surface area contributed by atoms with E-state index in [2.05, 4.69) is 36.3 Å². The molecule has 0 aliphatic rings. The predicted molar refractivity (Wildman–Crippen MR) is 78.3 cm³/mol. The number of aryl methyl sites for hydroxylation is 3. The fourth-order valence-electron chi connectivity index (χ4n) is 1.73. The SMILES string of the molecule is Cc1ccc(NC(N)=NCc2occc2C)cc1C. The molecule has 2 aromatic rings. The highest BCUT2D eigenvalue weighted by Gasteiger charge is 2.01. The van der Waals surface area contributed by atoms with E-state index in [4.69, 9.17) is 10.2 Å². The Hall–Kier alpha value is -2.23. The molecular weight excluding hydrogens is 238 g/mol. The highest BCUT2D eigenvalue weighted by atomic mass is 16.3. The van der Waals surface area contributed by atoms with Crippen LogP contribution in [-0.4, -0.2) is 5.96 Å². The second-order valence-electron chi connectivity index (χ2n) is 4.65. The third-order valence-corrected chi connectivity index (χ3v) is 3.14. The summed E-state index contributed by atoms with van der Waals surface area (Å²) in [5, 5.41) is 3.08. The summed E-state index contributed by atoms with van der Waals surface area (Å²) < 4.78 is 5.31. The molecule has 0 unspecified atom stereocenters. The number of nitrogens with two attached hydrogens (primary N) is 1. The Morgan fingerprint density at radius 1 is 1.16 bits per heavy atom. The Bertz CT molecular complexity index is 599. The fraction of sp³-hybridized carbons (Fsp3) is 0.267. The lowest BCUT2D eigenvalue weighted by Crippen LogP contribution is -2.22. The predicted octanol–water partition coefficient (Wildman–Crippen LogP) is 3.13. The molecule has 3 N–H and O–H groups in total. The van der Waals surface area contributed by atoms with Gasteiger partial charge in [-0.3, -0.25) is 0 Å². The second-order valence-corrected chi connectivity index (χ2v) is 4.65. The summed E-state index contributed by atoms with van der Waals surface area (Å²) in [5.41, 5.74) is 10.4. The van der Waals surface area contributed by atoms with Gasteiger partial charge in [0, 0.05) is 5.69 Å². The van der Waals surface area contributed by atoms with Crippen molar-refractivity contribution < 1.29 is 4.42 Å². The van der Waals surface area contributed by atoms with Gasteiger partial charge in [-0.05, 0) is 55.7 Å². The molecule has 0 spiro atoms. The summed E-state index contributed by atoms with van der Waals surface area (Å²) >= 11 is 0. The number of nitrogens with one attached hydrogen (secondary N) is 1. The number of rotatable bonds is 3. The van der Waals surface area contributed by atoms with Crippen LogP contribution in [0.1, 0.15) is 22.5 Å². The zero-order chi connectivity index (χ0) is 13.8. The summed E-state index contributed by atoms with van der Waals surface area (Å²) in [7, 11) is 0. The highest BCUT2D eigenvalue weighted by molar-refractivity contribution is 5.92. The largest absolute Gasteiger partial charge is 0.467 e. The molecule has 0 fully saturated rings. The molecule has 1 heterocycles. The number of anilines is 1. The molecule has 0 aliphatic heterocycles. The van der Waals surface area contributed by atoms with E-state index in [1.54, 1.807) is 6.26 Å². The summed E-state index contributed by atoms with van der Waals surface area (Å²) in [6.45, 7) is 6.58. The minimum Gasteiger partial charge on any atom is -0.467 e. The summed E-state index contributed by atoms with van der Waals surface area (Å²) in [5.74, 6) is 1.23. The molecule has 0 amide bonds. The van der Waals surface area contributed by atoms with Gasteiger partial charge >= 0.3 is 0 Å². The van der Waals surface area contributed by atoms with Crippen LogP contribution in [0.2, 0.25) is 0 Å². The van der Waals surface area contributed by atoms with Crippen molar-refractivity contribution in [2.75, 3.05) is 5.32 Å². The molecule has 2 rings (SSSR count). The van der Waals surface area contributed by atoms with E-state index in [0.29, 0.717) is 12.5 Å². The van der Waals surface area contributed by atoms with Crippen LogP contribution in [0.15, 0.2) is 39.9 Å². The standard InChI is InChI=1S/C15H19N3O/c1-10-4-5-13(8-12(10)3)18-15(16)17-9-14-11(2)6-7-19-14/h4-8H,9H2,1-3H3,(H3,16,17,18). The lowest BCUT2D eigenvalue weighted by molar-refractivity contribution is 0.510. The van der Waals surface area contributed by atoms with Crippen LogP contribution in [0.5, 0.6) is 0 Å². The lowest BCUT2D eigenvalue weighted by atomic mass is 10.1. The van der Waals surface area contributed by atoms with Gasteiger partial charge in [0.1, 0.15) is 12.3 Å². The first-order valence-electron chi connectivity index (χ1n) is 6.23. The van der Waals surface area contributed by atoms with Gasteiger partial charge in [-0.15, -0.1) is 0 Å². The van der Waals surface area contributed by atoms with Crippen LogP contribution in [0.25, 0.3) is 0 Å². The number of furan rings is 1. The summed E-state index contributed by atoms with van der Waals surface area (Å²) in [4.78, 5) is 4.26. The van der Waals surface area contributed by atoms with Crippen molar-refractivity contribution in [1.82, 2.24) is 0 Å². The quantitative estimate of drug-likeness (QED) is 0.656. The summed E-state index contributed by atoms with van der Waals surface area (Å²) in [6, 6.07) is 8.01. The van der Waals surface area contributed by atoms with E-state index in [1.165, 1.54) is 11.1 Å².